The van der Waals surface area contributed by atoms with E-state index in [9.17, 15) is 9.18 Å². The number of carbonyl (C=O) groups excluding carboxylic acids is 1. The molecule has 0 unspecified atom stereocenters. The van der Waals surface area contributed by atoms with E-state index >= 15 is 0 Å². The van der Waals surface area contributed by atoms with Gasteiger partial charge in [-0.2, -0.15) is 0 Å². The molecule has 0 amide bonds. The summed E-state index contributed by atoms with van der Waals surface area (Å²) in [6.45, 7) is 0. The van der Waals surface area contributed by atoms with Crippen molar-refractivity contribution in [1.82, 2.24) is 0 Å². The predicted octanol–water partition coefficient (Wildman–Crippen LogP) is 3.57. The van der Waals surface area contributed by atoms with E-state index in [2.05, 4.69) is 15.9 Å². The van der Waals surface area contributed by atoms with Gasteiger partial charge in [-0.3, -0.25) is 4.79 Å². The van der Waals surface area contributed by atoms with Gasteiger partial charge in [0.25, 0.3) is 0 Å². The zero-order valence-electron chi connectivity index (χ0n) is 7.59. The molecule has 1 aliphatic rings. The lowest BCUT2D eigenvalue weighted by atomic mass is 9.80. The summed E-state index contributed by atoms with van der Waals surface area (Å²) in [5, 5.41) is 0. The number of halogens is 2. The summed E-state index contributed by atoms with van der Waals surface area (Å²) in [4.78, 5) is 11.7. The van der Waals surface area contributed by atoms with Crippen LogP contribution in [0, 0.1) is 11.7 Å². The van der Waals surface area contributed by atoms with Crippen molar-refractivity contribution in [2.75, 3.05) is 0 Å². The second kappa shape index (κ2) is 3.81. The van der Waals surface area contributed by atoms with E-state index in [1.54, 1.807) is 18.2 Å². The summed E-state index contributed by atoms with van der Waals surface area (Å²) in [7, 11) is 0. The van der Waals surface area contributed by atoms with Crippen LogP contribution < -0.4 is 0 Å². The van der Waals surface area contributed by atoms with Crippen molar-refractivity contribution < 1.29 is 9.18 Å². The van der Waals surface area contributed by atoms with E-state index in [1.165, 1.54) is 0 Å². The third-order valence-electron chi connectivity index (χ3n) is 2.69. The Hall–Kier alpha value is -0.700. The maximum Gasteiger partial charge on any atom is 0.168 e. The van der Waals surface area contributed by atoms with Crippen LogP contribution in [0.1, 0.15) is 29.6 Å². The Kier molecular flexibility index (Phi) is 2.68. The van der Waals surface area contributed by atoms with Crippen LogP contribution in [-0.4, -0.2) is 5.78 Å². The van der Waals surface area contributed by atoms with Crippen LogP contribution in [-0.2, 0) is 0 Å². The summed E-state index contributed by atoms with van der Waals surface area (Å²) < 4.78 is 13.9. The Morgan fingerprint density at radius 1 is 1.43 bits per heavy atom. The highest BCUT2D eigenvalue weighted by atomic mass is 79.9. The van der Waals surface area contributed by atoms with Gasteiger partial charge in [0.2, 0.25) is 0 Å². The van der Waals surface area contributed by atoms with Crippen LogP contribution in [0.25, 0.3) is 0 Å². The third-order valence-corrected chi connectivity index (χ3v) is 3.31. The number of ketones is 1. The van der Waals surface area contributed by atoms with Crippen molar-refractivity contribution in [3.05, 3.63) is 34.1 Å². The summed E-state index contributed by atoms with van der Waals surface area (Å²) in [5.41, 5.74) is 0.226. The molecule has 0 N–H and O–H groups in total. The van der Waals surface area contributed by atoms with Gasteiger partial charge in [0.1, 0.15) is 5.82 Å². The lowest BCUT2D eigenvalue weighted by molar-refractivity contribution is 0.0850. The number of carbonyl (C=O) groups is 1. The molecule has 1 nitrogen and oxygen atoms in total. The second-order valence-electron chi connectivity index (χ2n) is 3.59. The van der Waals surface area contributed by atoms with E-state index in [0.717, 1.165) is 19.3 Å². The highest BCUT2D eigenvalue weighted by Gasteiger charge is 2.28. The van der Waals surface area contributed by atoms with Crippen LogP contribution >= 0.6 is 15.9 Å². The lowest BCUT2D eigenvalue weighted by Crippen LogP contribution is -2.22. The van der Waals surface area contributed by atoms with Gasteiger partial charge in [0.05, 0.1) is 10.0 Å². The summed E-state index contributed by atoms with van der Waals surface area (Å²) in [6.07, 6.45) is 2.90. The standard InChI is InChI=1S/C11H10BrFO/c12-9-6-2-5-8(10(9)13)11(14)7-3-1-4-7/h2,5-7H,1,3-4H2. The lowest BCUT2D eigenvalue weighted by Gasteiger charge is -2.23. The van der Waals surface area contributed by atoms with Crippen molar-refractivity contribution in [2.45, 2.75) is 19.3 Å². The fourth-order valence-electron chi connectivity index (χ4n) is 1.58. The molecule has 0 atom stereocenters. The molecule has 74 valence electrons. The normalized spacial score (nSPS) is 16.4. The molecule has 1 aromatic carbocycles. The number of Topliss-reactive ketones (excluding diaryl/α,β-unsaturated/α-hetero) is 1. The van der Waals surface area contributed by atoms with Gasteiger partial charge >= 0.3 is 0 Å². The topological polar surface area (TPSA) is 17.1 Å². The molecule has 2 rings (SSSR count). The molecule has 1 aliphatic carbocycles. The fraction of sp³-hybridized carbons (Fsp3) is 0.364. The smallest absolute Gasteiger partial charge is 0.168 e. The molecule has 14 heavy (non-hydrogen) atoms. The Bertz CT molecular complexity index is 372. The summed E-state index contributed by atoms with van der Waals surface area (Å²) in [5.74, 6) is -0.418. The van der Waals surface area contributed by atoms with Crippen molar-refractivity contribution in [3.63, 3.8) is 0 Å². The van der Waals surface area contributed by atoms with E-state index in [-0.39, 0.29) is 17.3 Å². The van der Waals surface area contributed by atoms with Gasteiger partial charge in [0, 0.05) is 5.92 Å². The van der Waals surface area contributed by atoms with E-state index in [1.807, 2.05) is 0 Å². The second-order valence-corrected chi connectivity index (χ2v) is 4.45. The van der Waals surface area contributed by atoms with Crippen LogP contribution in [0.5, 0.6) is 0 Å². The summed E-state index contributed by atoms with van der Waals surface area (Å²) >= 11 is 3.08. The average Bonchev–Trinajstić information content (AvgIpc) is 2.06. The molecular weight excluding hydrogens is 247 g/mol. The van der Waals surface area contributed by atoms with Gasteiger partial charge < -0.3 is 0 Å². The van der Waals surface area contributed by atoms with Crippen LogP contribution in [0.3, 0.4) is 0 Å². The number of rotatable bonds is 2. The first-order chi connectivity index (χ1) is 6.70. The van der Waals surface area contributed by atoms with Gasteiger partial charge in [-0.1, -0.05) is 12.5 Å². The minimum atomic E-state index is -0.426. The minimum absolute atomic E-state index is 0.0462. The largest absolute Gasteiger partial charge is 0.294 e. The van der Waals surface area contributed by atoms with Crippen LogP contribution in [0.15, 0.2) is 22.7 Å². The summed E-state index contributed by atoms with van der Waals surface area (Å²) in [6, 6.07) is 4.85. The van der Waals surface area contributed by atoms with Gasteiger partial charge in [-0.25, -0.2) is 4.39 Å². The number of hydrogen-bond donors (Lipinski definition) is 0. The Balaban J connectivity index is 2.31. The Labute approximate surface area is 90.4 Å². The Morgan fingerprint density at radius 2 is 2.14 bits per heavy atom. The maximum absolute atomic E-state index is 13.5. The molecule has 1 fully saturated rings. The molecular formula is C11H10BrFO. The highest BCUT2D eigenvalue weighted by molar-refractivity contribution is 9.10. The van der Waals surface area contributed by atoms with Crippen molar-refractivity contribution in [2.24, 2.45) is 5.92 Å². The first-order valence-electron chi connectivity index (χ1n) is 4.68. The molecule has 1 aromatic rings. The molecule has 0 saturated heterocycles. The zero-order valence-corrected chi connectivity index (χ0v) is 9.18. The first-order valence-corrected chi connectivity index (χ1v) is 5.47. The zero-order chi connectivity index (χ0) is 10.1. The molecule has 0 radical (unpaired) electrons. The van der Waals surface area contributed by atoms with E-state index in [4.69, 9.17) is 0 Å². The van der Waals surface area contributed by atoms with Crippen molar-refractivity contribution >= 4 is 21.7 Å². The monoisotopic (exact) mass is 256 g/mol. The molecule has 0 bridgehead atoms. The van der Waals surface area contributed by atoms with E-state index < -0.39 is 5.82 Å². The van der Waals surface area contributed by atoms with Crippen LogP contribution in [0.4, 0.5) is 4.39 Å². The van der Waals surface area contributed by atoms with Gasteiger partial charge in [-0.05, 0) is 40.9 Å². The Morgan fingerprint density at radius 3 is 2.71 bits per heavy atom. The van der Waals surface area contributed by atoms with Crippen LogP contribution in [0.2, 0.25) is 0 Å². The third kappa shape index (κ3) is 1.61. The molecule has 0 aromatic heterocycles. The quantitative estimate of drug-likeness (QED) is 0.740. The number of benzene rings is 1. The SMILES string of the molecule is O=C(c1cccc(Br)c1F)C1CCC1. The molecule has 0 heterocycles. The molecule has 3 heteroatoms. The maximum atomic E-state index is 13.5. The number of hydrogen-bond acceptors (Lipinski definition) is 1. The van der Waals surface area contributed by atoms with Gasteiger partial charge in [-0.15, -0.1) is 0 Å². The molecule has 0 aliphatic heterocycles. The predicted molar refractivity (Wildman–Crippen MR) is 55.8 cm³/mol. The minimum Gasteiger partial charge on any atom is -0.294 e. The fourth-order valence-corrected chi connectivity index (χ4v) is 1.95. The van der Waals surface area contributed by atoms with Crippen molar-refractivity contribution in [3.8, 4) is 0 Å². The van der Waals surface area contributed by atoms with Crippen molar-refractivity contribution in [1.29, 1.82) is 0 Å². The highest BCUT2D eigenvalue weighted by Crippen LogP contribution is 2.31. The van der Waals surface area contributed by atoms with Gasteiger partial charge in [0.15, 0.2) is 5.78 Å². The molecule has 1 saturated carbocycles. The first kappa shape index (κ1) is 9.84. The average molecular weight is 257 g/mol. The molecule has 0 spiro atoms. The van der Waals surface area contributed by atoms with E-state index in [0.29, 0.717) is 4.47 Å².